The SMILES string of the molecule is O=C(c1cccnc1SC(F)F)N1CCN(S(=O)(=O)c2c[nH]c3ncccc23)CC1. The van der Waals surface area contributed by atoms with Crippen LogP contribution in [0.5, 0.6) is 0 Å². The zero-order chi connectivity index (χ0) is 21.3. The van der Waals surface area contributed by atoms with Crippen molar-refractivity contribution in [3.05, 3.63) is 48.4 Å². The largest absolute Gasteiger partial charge is 0.345 e. The van der Waals surface area contributed by atoms with Gasteiger partial charge in [0.15, 0.2) is 0 Å². The average Bonchev–Trinajstić information content (AvgIpc) is 3.18. The van der Waals surface area contributed by atoms with E-state index in [1.54, 1.807) is 18.3 Å². The maximum atomic E-state index is 13.1. The standard InChI is InChI=1S/C18H17F2N5O3S2/c19-18(20)29-16-13(4-2-6-22-16)17(26)24-7-9-25(10-8-24)30(27,28)14-11-23-15-12(14)3-1-5-21-15/h1-6,11,18H,7-10H2,(H,21,23). The van der Waals surface area contributed by atoms with Gasteiger partial charge in [-0.2, -0.15) is 13.1 Å². The van der Waals surface area contributed by atoms with Crippen LogP contribution in [0.4, 0.5) is 8.78 Å². The number of amides is 1. The summed E-state index contributed by atoms with van der Waals surface area (Å²) in [6, 6.07) is 6.29. The summed E-state index contributed by atoms with van der Waals surface area (Å²) in [5.41, 5.74) is 0.562. The molecule has 1 amide bonds. The van der Waals surface area contributed by atoms with E-state index >= 15 is 0 Å². The van der Waals surface area contributed by atoms with E-state index in [0.29, 0.717) is 11.0 Å². The van der Waals surface area contributed by atoms with E-state index in [4.69, 9.17) is 0 Å². The van der Waals surface area contributed by atoms with E-state index in [1.165, 1.54) is 33.7 Å². The molecular weight excluding hydrogens is 436 g/mol. The second-order valence-corrected chi connectivity index (χ2v) is 9.37. The van der Waals surface area contributed by atoms with E-state index in [1.807, 2.05) is 0 Å². The van der Waals surface area contributed by atoms with Crippen LogP contribution >= 0.6 is 11.8 Å². The van der Waals surface area contributed by atoms with Crippen molar-refractivity contribution in [2.75, 3.05) is 26.2 Å². The molecule has 3 aromatic heterocycles. The van der Waals surface area contributed by atoms with Crippen LogP contribution in [-0.4, -0.2) is 70.4 Å². The molecule has 0 aliphatic carbocycles. The summed E-state index contributed by atoms with van der Waals surface area (Å²) < 4.78 is 52.9. The maximum absolute atomic E-state index is 13.1. The van der Waals surface area contributed by atoms with Crippen LogP contribution in [0.15, 0.2) is 52.8 Å². The highest BCUT2D eigenvalue weighted by atomic mass is 32.2. The van der Waals surface area contributed by atoms with E-state index in [-0.39, 0.29) is 53.4 Å². The molecule has 0 radical (unpaired) electrons. The van der Waals surface area contributed by atoms with E-state index in [0.717, 1.165) is 0 Å². The number of carbonyl (C=O) groups excluding carboxylic acids is 1. The van der Waals surface area contributed by atoms with Crippen LogP contribution in [0.2, 0.25) is 0 Å². The van der Waals surface area contributed by atoms with Crippen molar-refractivity contribution in [2.45, 2.75) is 15.7 Å². The topological polar surface area (TPSA) is 99.3 Å². The second-order valence-electron chi connectivity index (χ2n) is 6.48. The van der Waals surface area contributed by atoms with Crippen LogP contribution < -0.4 is 0 Å². The number of aromatic nitrogens is 3. The highest BCUT2D eigenvalue weighted by molar-refractivity contribution is 7.99. The number of alkyl halides is 2. The first kappa shape index (κ1) is 20.7. The molecule has 0 saturated carbocycles. The quantitative estimate of drug-likeness (QED) is 0.596. The molecule has 0 bridgehead atoms. The molecule has 1 aliphatic rings. The molecule has 1 saturated heterocycles. The van der Waals surface area contributed by atoms with Crippen molar-refractivity contribution in [2.24, 2.45) is 0 Å². The minimum Gasteiger partial charge on any atom is -0.345 e. The Kier molecular flexibility index (Phi) is 5.71. The molecule has 1 fully saturated rings. The van der Waals surface area contributed by atoms with Gasteiger partial charge in [0.25, 0.3) is 11.7 Å². The molecule has 12 heteroatoms. The van der Waals surface area contributed by atoms with Gasteiger partial charge in [-0.25, -0.2) is 18.4 Å². The number of aromatic amines is 1. The Morgan fingerprint density at radius 1 is 1.10 bits per heavy atom. The lowest BCUT2D eigenvalue weighted by molar-refractivity contribution is 0.0693. The minimum atomic E-state index is -3.77. The van der Waals surface area contributed by atoms with Crippen molar-refractivity contribution < 1.29 is 22.0 Å². The molecule has 0 spiro atoms. The maximum Gasteiger partial charge on any atom is 0.290 e. The van der Waals surface area contributed by atoms with Gasteiger partial charge in [0.2, 0.25) is 10.0 Å². The number of H-pyrrole nitrogens is 1. The van der Waals surface area contributed by atoms with Gasteiger partial charge in [0.05, 0.1) is 5.56 Å². The number of piperazine rings is 1. The third-order valence-electron chi connectivity index (χ3n) is 4.76. The van der Waals surface area contributed by atoms with Crippen molar-refractivity contribution in [1.29, 1.82) is 0 Å². The van der Waals surface area contributed by atoms with E-state index in [9.17, 15) is 22.0 Å². The molecule has 3 aromatic rings. The monoisotopic (exact) mass is 453 g/mol. The Labute approximate surface area is 175 Å². The number of hydrogen-bond donors (Lipinski definition) is 1. The van der Waals surface area contributed by atoms with Gasteiger partial charge >= 0.3 is 0 Å². The molecular formula is C18H17F2N5O3S2. The van der Waals surface area contributed by atoms with Crippen LogP contribution in [-0.2, 0) is 10.0 Å². The summed E-state index contributed by atoms with van der Waals surface area (Å²) in [4.78, 5) is 25.2. The zero-order valence-electron chi connectivity index (χ0n) is 15.5. The second kappa shape index (κ2) is 8.28. The van der Waals surface area contributed by atoms with Crippen molar-refractivity contribution in [3.8, 4) is 0 Å². The zero-order valence-corrected chi connectivity index (χ0v) is 17.2. The number of rotatable bonds is 5. The number of nitrogens with zero attached hydrogens (tertiary/aromatic N) is 4. The molecule has 1 N–H and O–H groups in total. The highest BCUT2D eigenvalue weighted by Crippen LogP contribution is 2.28. The Morgan fingerprint density at radius 3 is 2.53 bits per heavy atom. The predicted octanol–water partition coefficient (Wildman–Crippen LogP) is 2.42. The smallest absolute Gasteiger partial charge is 0.290 e. The van der Waals surface area contributed by atoms with Gasteiger partial charge in [-0.1, -0.05) is 0 Å². The van der Waals surface area contributed by atoms with Crippen molar-refractivity contribution >= 4 is 38.7 Å². The number of sulfonamides is 1. The number of fused-ring (bicyclic) bond motifs is 1. The molecule has 0 aromatic carbocycles. The molecule has 158 valence electrons. The Bertz CT molecular complexity index is 1180. The van der Waals surface area contributed by atoms with Gasteiger partial charge in [-0.3, -0.25) is 4.79 Å². The average molecular weight is 453 g/mol. The van der Waals surface area contributed by atoms with E-state index in [2.05, 4.69) is 15.0 Å². The number of carbonyl (C=O) groups is 1. The summed E-state index contributed by atoms with van der Waals surface area (Å²) in [5.74, 6) is -3.14. The number of halogens is 2. The lowest BCUT2D eigenvalue weighted by Crippen LogP contribution is -2.50. The fraction of sp³-hybridized carbons (Fsp3) is 0.278. The first-order valence-electron chi connectivity index (χ1n) is 8.99. The summed E-state index contributed by atoms with van der Waals surface area (Å²) in [6.07, 6.45) is 4.33. The Hall–Kier alpha value is -2.57. The van der Waals surface area contributed by atoms with Gasteiger partial charge < -0.3 is 9.88 Å². The molecule has 8 nitrogen and oxygen atoms in total. The van der Waals surface area contributed by atoms with E-state index < -0.39 is 21.7 Å². The molecule has 4 heterocycles. The van der Waals surface area contributed by atoms with Crippen molar-refractivity contribution in [3.63, 3.8) is 0 Å². The summed E-state index contributed by atoms with van der Waals surface area (Å²) in [6.45, 7) is 0.482. The van der Waals surface area contributed by atoms with Gasteiger partial charge in [-0.05, 0) is 36.0 Å². The molecule has 0 unspecified atom stereocenters. The van der Waals surface area contributed by atoms with Gasteiger partial charge in [0, 0.05) is 50.2 Å². The summed E-state index contributed by atoms with van der Waals surface area (Å²) >= 11 is 0.214. The molecule has 0 atom stereocenters. The number of thioether (sulfide) groups is 1. The molecule has 1 aliphatic heterocycles. The van der Waals surface area contributed by atoms with Crippen LogP contribution in [0, 0.1) is 0 Å². The van der Waals surface area contributed by atoms with Gasteiger partial charge in [0.1, 0.15) is 15.6 Å². The number of nitrogens with one attached hydrogen (secondary N) is 1. The summed E-state index contributed by atoms with van der Waals surface area (Å²) in [7, 11) is -3.77. The highest BCUT2D eigenvalue weighted by Gasteiger charge is 2.33. The third-order valence-corrected chi connectivity index (χ3v) is 7.42. The van der Waals surface area contributed by atoms with Gasteiger partial charge in [-0.15, -0.1) is 0 Å². The summed E-state index contributed by atoms with van der Waals surface area (Å²) in [5, 5.41) is 0.457. The number of hydrogen-bond acceptors (Lipinski definition) is 6. The first-order chi connectivity index (χ1) is 14.4. The Balaban J connectivity index is 1.50. The van der Waals surface area contributed by atoms with Crippen LogP contribution in [0.25, 0.3) is 11.0 Å². The predicted molar refractivity (Wildman–Crippen MR) is 107 cm³/mol. The first-order valence-corrected chi connectivity index (χ1v) is 11.3. The minimum absolute atomic E-state index is 0.0427. The van der Waals surface area contributed by atoms with Crippen LogP contribution in [0.1, 0.15) is 10.4 Å². The lowest BCUT2D eigenvalue weighted by atomic mass is 10.2. The Morgan fingerprint density at radius 2 is 1.80 bits per heavy atom. The third kappa shape index (κ3) is 3.89. The normalized spacial score (nSPS) is 15.8. The van der Waals surface area contributed by atoms with Crippen LogP contribution in [0.3, 0.4) is 0 Å². The van der Waals surface area contributed by atoms with Crippen molar-refractivity contribution in [1.82, 2.24) is 24.2 Å². The lowest BCUT2D eigenvalue weighted by Gasteiger charge is -2.34. The molecule has 4 rings (SSSR count). The number of pyridine rings is 2. The molecule has 30 heavy (non-hydrogen) atoms. The fourth-order valence-electron chi connectivity index (χ4n) is 3.32. The fourth-order valence-corrected chi connectivity index (χ4v) is 5.46.